The topological polar surface area (TPSA) is 0 Å². The molecule has 0 spiro atoms. The zero-order chi connectivity index (χ0) is 17.6. The summed E-state index contributed by atoms with van der Waals surface area (Å²) < 4.78 is 131. The maximum absolute atomic E-state index is 13.4. The fourth-order valence-corrected chi connectivity index (χ4v) is 2.68. The smallest absolute Gasteiger partial charge is 0.200 e. The first-order valence-corrected chi connectivity index (χ1v) is 6.39. The van der Waals surface area contributed by atoms with E-state index in [1.165, 1.54) is 0 Å². The second-order valence-corrected chi connectivity index (χ2v) is 5.26. The molecule has 0 N–H and O–H groups in total. The Morgan fingerprint density at radius 2 is 0.478 bits per heavy atom. The number of halogens is 10. The van der Waals surface area contributed by atoms with Gasteiger partial charge >= 0.3 is 0 Å². The Hall–Kier alpha value is -1.83. The van der Waals surface area contributed by atoms with Gasteiger partial charge in [-0.15, -0.1) is 0 Å². The average molecular weight is 366 g/mol. The molecule has 0 nitrogen and oxygen atoms in total. The highest BCUT2D eigenvalue weighted by Crippen LogP contribution is 2.27. The van der Waals surface area contributed by atoms with Gasteiger partial charge in [0.05, 0.1) is 10.6 Å². The maximum Gasteiger partial charge on any atom is 0.200 e. The highest BCUT2D eigenvalue weighted by atomic mass is 31.1. The molecule has 11 heteroatoms. The van der Waals surface area contributed by atoms with E-state index in [-0.39, 0.29) is 0 Å². The van der Waals surface area contributed by atoms with Gasteiger partial charge in [-0.3, -0.25) is 0 Å². The number of hydrogen-bond acceptors (Lipinski definition) is 0. The van der Waals surface area contributed by atoms with Crippen LogP contribution in [0.25, 0.3) is 0 Å². The molecule has 2 aromatic carbocycles. The molecular weight excluding hydrogens is 365 g/mol. The molecule has 2 rings (SSSR count). The molecule has 23 heavy (non-hydrogen) atoms. The normalized spacial score (nSPS) is 11.2. The van der Waals surface area contributed by atoms with E-state index in [0.717, 1.165) is 0 Å². The zero-order valence-corrected chi connectivity index (χ0v) is 11.3. The van der Waals surface area contributed by atoms with Crippen molar-refractivity contribution in [3.05, 3.63) is 58.2 Å². The summed E-state index contributed by atoms with van der Waals surface area (Å²) in [5.41, 5.74) is 0. The van der Waals surface area contributed by atoms with E-state index in [0.29, 0.717) is 0 Å². The molecule has 0 atom stereocenters. The van der Waals surface area contributed by atoms with E-state index >= 15 is 0 Å². The second kappa shape index (κ2) is 5.99. The van der Waals surface area contributed by atoms with Gasteiger partial charge in [0.25, 0.3) is 0 Å². The van der Waals surface area contributed by atoms with E-state index in [1.54, 1.807) is 0 Å². The van der Waals surface area contributed by atoms with Crippen LogP contribution in [0.3, 0.4) is 0 Å². The Bertz CT molecular complexity index is 691. The van der Waals surface area contributed by atoms with Gasteiger partial charge in [0.1, 0.15) is 0 Å². The summed E-state index contributed by atoms with van der Waals surface area (Å²) >= 11 is 0. The SMILES string of the molecule is Fc1c(F)c(F)c(Pc2c(F)c(F)c(F)c(F)c2F)c(F)c1F. The van der Waals surface area contributed by atoms with E-state index < -0.39 is 77.4 Å². The van der Waals surface area contributed by atoms with Crippen molar-refractivity contribution in [1.29, 1.82) is 0 Å². The molecule has 0 aliphatic heterocycles. The molecule has 2 aromatic rings. The predicted octanol–water partition coefficient (Wildman–Crippen LogP) is 3.71. The zero-order valence-electron chi connectivity index (χ0n) is 10.3. The molecule has 0 saturated carbocycles. The van der Waals surface area contributed by atoms with E-state index in [9.17, 15) is 43.9 Å². The Kier molecular flexibility index (Phi) is 4.57. The molecule has 124 valence electrons. The lowest BCUT2D eigenvalue weighted by Gasteiger charge is -2.11. The van der Waals surface area contributed by atoms with E-state index in [4.69, 9.17) is 0 Å². The van der Waals surface area contributed by atoms with Gasteiger partial charge in [-0.1, -0.05) is 0 Å². The molecule has 0 fully saturated rings. The lowest BCUT2D eigenvalue weighted by Crippen LogP contribution is -2.23. The van der Waals surface area contributed by atoms with Crippen molar-refractivity contribution in [3.63, 3.8) is 0 Å². The first-order chi connectivity index (χ1) is 10.6. The van der Waals surface area contributed by atoms with Crippen LogP contribution in [-0.4, -0.2) is 0 Å². The Labute approximate surface area is 122 Å². The first kappa shape index (κ1) is 17.5. The van der Waals surface area contributed by atoms with Crippen molar-refractivity contribution in [2.45, 2.75) is 0 Å². The fourth-order valence-electron chi connectivity index (χ4n) is 1.55. The molecule has 0 amide bonds. The molecule has 0 heterocycles. The van der Waals surface area contributed by atoms with Crippen LogP contribution in [0, 0.1) is 58.2 Å². The summed E-state index contributed by atoms with van der Waals surface area (Å²) in [4.78, 5) is 0. The molecule has 0 unspecified atom stereocenters. The highest BCUT2D eigenvalue weighted by molar-refractivity contribution is 7.55. The summed E-state index contributed by atoms with van der Waals surface area (Å²) in [6.45, 7) is 0. The van der Waals surface area contributed by atoms with Crippen molar-refractivity contribution in [2.75, 3.05) is 0 Å². The van der Waals surface area contributed by atoms with Crippen LogP contribution in [0.4, 0.5) is 43.9 Å². The minimum absolute atomic E-state index is 1.70. The summed E-state index contributed by atoms with van der Waals surface area (Å²) in [6, 6.07) is 0. The quantitative estimate of drug-likeness (QED) is 0.329. The first-order valence-electron chi connectivity index (χ1n) is 5.39. The van der Waals surface area contributed by atoms with E-state index in [1.807, 2.05) is 0 Å². The number of hydrogen-bond donors (Lipinski definition) is 0. The Balaban J connectivity index is 2.71. The highest BCUT2D eigenvalue weighted by Gasteiger charge is 2.30. The summed E-state index contributed by atoms with van der Waals surface area (Å²) in [6.07, 6.45) is 0. The van der Waals surface area contributed by atoms with Crippen molar-refractivity contribution < 1.29 is 43.9 Å². The van der Waals surface area contributed by atoms with Gasteiger partial charge in [-0.25, -0.2) is 43.9 Å². The van der Waals surface area contributed by atoms with Crippen molar-refractivity contribution >= 4 is 19.2 Å². The second-order valence-electron chi connectivity index (χ2n) is 4.01. The van der Waals surface area contributed by atoms with Crippen LogP contribution < -0.4 is 10.6 Å². The Morgan fingerprint density at radius 3 is 0.696 bits per heavy atom. The third-order valence-corrected chi connectivity index (χ3v) is 4.05. The van der Waals surface area contributed by atoms with Crippen LogP contribution in [0.5, 0.6) is 0 Å². The monoisotopic (exact) mass is 366 g/mol. The summed E-state index contributed by atoms with van der Waals surface area (Å²) in [7, 11) is -2.04. The van der Waals surface area contributed by atoms with Crippen LogP contribution in [0.2, 0.25) is 0 Å². The van der Waals surface area contributed by atoms with Gasteiger partial charge in [0.15, 0.2) is 46.5 Å². The molecular formula is C12HF10P. The lowest BCUT2D eigenvalue weighted by molar-refractivity contribution is 0.383. The lowest BCUT2D eigenvalue weighted by atomic mass is 10.3. The predicted molar refractivity (Wildman–Crippen MR) is 60.0 cm³/mol. The van der Waals surface area contributed by atoms with Gasteiger partial charge in [-0.05, 0) is 8.58 Å². The van der Waals surface area contributed by atoms with E-state index in [2.05, 4.69) is 0 Å². The Morgan fingerprint density at radius 1 is 0.304 bits per heavy atom. The van der Waals surface area contributed by atoms with Gasteiger partial charge < -0.3 is 0 Å². The molecule has 0 bridgehead atoms. The number of benzene rings is 2. The van der Waals surface area contributed by atoms with Crippen LogP contribution in [0.1, 0.15) is 0 Å². The van der Waals surface area contributed by atoms with Crippen molar-refractivity contribution in [3.8, 4) is 0 Å². The minimum atomic E-state index is -2.52. The standard InChI is InChI=1S/C12HF10P/c13-1-3(15)7(19)11(8(20)4(1)16)23-12-9(21)5(17)2(14)6(18)10(12)22/h23H. The van der Waals surface area contributed by atoms with Crippen LogP contribution in [-0.2, 0) is 0 Å². The third kappa shape index (κ3) is 2.65. The summed E-state index contributed by atoms with van der Waals surface area (Å²) in [5.74, 6) is -24.4. The molecule has 0 radical (unpaired) electrons. The molecule has 0 saturated heterocycles. The maximum atomic E-state index is 13.4. The molecule has 0 aliphatic carbocycles. The van der Waals surface area contributed by atoms with Gasteiger partial charge in [-0.2, -0.15) is 0 Å². The third-order valence-electron chi connectivity index (χ3n) is 2.67. The number of rotatable bonds is 2. The average Bonchev–Trinajstić information content (AvgIpc) is 2.54. The van der Waals surface area contributed by atoms with Gasteiger partial charge in [0, 0.05) is 0 Å². The van der Waals surface area contributed by atoms with Crippen molar-refractivity contribution in [1.82, 2.24) is 0 Å². The largest absolute Gasteiger partial charge is 0.203 e. The minimum Gasteiger partial charge on any atom is -0.203 e. The summed E-state index contributed by atoms with van der Waals surface area (Å²) in [5, 5.41) is -3.41. The van der Waals surface area contributed by atoms with Gasteiger partial charge in [0.2, 0.25) is 11.6 Å². The molecule has 0 aromatic heterocycles. The molecule has 0 aliphatic rings. The van der Waals surface area contributed by atoms with Crippen LogP contribution >= 0.6 is 8.58 Å². The van der Waals surface area contributed by atoms with Crippen molar-refractivity contribution in [2.24, 2.45) is 0 Å². The fraction of sp³-hybridized carbons (Fsp3) is 0. The van der Waals surface area contributed by atoms with Crippen LogP contribution in [0.15, 0.2) is 0 Å².